The van der Waals surface area contributed by atoms with Crippen LogP contribution in [0.25, 0.3) is 11.1 Å². The smallest absolute Gasteiger partial charge is 0.408 e. The fourth-order valence-corrected chi connectivity index (χ4v) is 2.50. The standard InChI is InChI=1S/C14H17N3O3/c1-16-11-4-3-10(9-12(11)20-14(16)19)13(18)17-7-2-5-15-6-8-17/h3-4,9,15H,2,5-8H2,1H3. The van der Waals surface area contributed by atoms with Crippen molar-refractivity contribution in [1.29, 1.82) is 0 Å². The Morgan fingerprint density at radius 3 is 3.00 bits per heavy atom. The Morgan fingerprint density at radius 1 is 1.30 bits per heavy atom. The molecule has 6 nitrogen and oxygen atoms in total. The first-order chi connectivity index (χ1) is 9.66. The number of oxazole rings is 1. The van der Waals surface area contributed by atoms with Crippen LogP contribution in [0, 0.1) is 0 Å². The lowest BCUT2D eigenvalue weighted by Gasteiger charge is -2.19. The van der Waals surface area contributed by atoms with Crippen molar-refractivity contribution in [2.75, 3.05) is 26.2 Å². The molecule has 0 aliphatic carbocycles. The van der Waals surface area contributed by atoms with E-state index in [2.05, 4.69) is 5.32 Å². The minimum atomic E-state index is -0.413. The molecule has 0 radical (unpaired) electrons. The largest absolute Gasteiger partial charge is 0.419 e. The second-order valence-corrected chi connectivity index (χ2v) is 5.01. The molecule has 1 N–H and O–H groups in total. The second-order valence-electron chi connectivity index (χ2n) is 5.01. The Hall–Kier alpha value is -2.08. The van der Waals surface area contributed by atoms with Gasteiger partial charge in [0.1, 0.15) is 0 Å². The molecule has 0 spiro atoms. The topological polar surface area (TPSA) is 67.5 Å². The molecule has 1 aliphatic rings. The zero-order valence-corrected chi connectivity index (χ0v) is 11.4. The van der Waals surface area contributed by atoms with Crippen LogP contribution in [0.3, 0.4) is 0 Å². The Kier molecular flexibility index (Phi) is 3.31. The van der Waals surface area contributed by atoms with E-state index >= 15 is 0 Å². The SMILES string of the molecule is Cn1c(=O)oc2cc(C(=O)N3CCCNCC3)ccc21. The molecule has 2 aromatic rings. The van der Waals surface area contributed by atoms with Gasteiger partial charge in [0.2, 0.25) is 0 Å². The molecule has 2 heterocycles. The van der Waals surface area contributed by atoms with Gasteiger partial charge in [0, 0.05) is 32.2 Å². The van der Waals surface area contributed by atoms with Crippen molar-refractivity contribution in [3.8, 4) is 0 Å². The molecule has 1 aliphatic heterocycles. The minimum absolute atomic E-state index is 0.0119. The summed E-state index contributed by atoms with van der Waals surface area (Å²) in [5.74, 6) is -0.425. The number of hydrogen-bond acceptors (Lipinski definition) is 4. The molecule has 6 heteroatoms. The number of hydrogen-bond donors (Lipinski definition) is 1. The van der Waals surface area contributed by atoms with Crippen LogP contribution in [0.4, 0.5) is 0 Å². The number of fused-ring (bicyclic) bond motifs is 1. The number of aryl methyl sites for hydroxylation is 1. The highest BCUT2D eigenvalue weighted by Crippen LogP contribution is 2.16. The second kappa shape index (κ2) is 5.13. The van der Waals surface area contributed by atoms with Gasteiger partial charge in [0.05, 0.1) is 5.52 Å². The molecule has 20 heavy (non-hydrogen) atoms. The van der Waals surface area contributed by atoms with Gasteiger partial charge >= 0.3 is 5.76 Å². The fraction of sp³-hybridized carbons (Fsp3) is 0.429. The summed E-state index contributed by atoms with van der Waals surface area (Å²) in [6.45, 7) is 3.21. The van der Waals surface area contributed by atoms with E-state index in [0.29, 0.717) is 23.2 Å². The van der Waals surface area contributed by atoms with Crippen LogP contribution < -0.4 is 11.1 Å². The van der Waals surface area contributed by atoms with Crippen LogP contribution in [-0.2, 0) is 7.05 Å². The number of aromatic nitrogens is 1. The highest BCUT2D eigenvalue weighted by Gasteiger charge is 2.18. The molecular formula is C14H17N3O3. The fourth-order valence-electron chi connectivity index (χ4n) is 2.50. The van der Waals surface area contributed by atoms with E-state index in [0.717, 1.165) is 26.1 Å². The van der Waals surface area contributed by atoms with E-state index in [1.807, 2.05) is 4.90 Å². The van der Waals surface area contributed by atoms with E-state index in [1.165, 1.54) is 4.57 Å². The summed E-state index contributed by atoms with van der Waals surface area (Å²) in [4.78, 5) is 25.8. The summed E-state index contributed by atoms with van der Waals surface area (Å²) < 4.78 is 6.56. The highest BCUT2D eigenvalue weighted by atomic mass is 16.4. The zero-order valence-electron chi connectivity index (χ0n) is 11.4. The maximum atomic E-state index is 12.5. The van der Waals surface area contributed by atoms with Gasteiger partial charge < -0.3 is 14.6 Å². The highest BCUT2D eigenvalue weighted by molar-refractivity contribution is 5.97. The van der Waals surface area contributed by atoms with Gasteiger partial charge in [-0.15, -0.1) is 0 Å². The van der Waals surface area contributed by atoms with Crippen molar-refractivity contribution in [3.63, 3.8) is 0 Å². The van der Waals surface area contributed by atoms with Gasteiger partial charge in [-0.25, -0.2) is 4.79 Å². The van der Waals surface area contributed by atoms with Crippen LogP contribution in [-0.4, -0.2) is 41.6 Å². The van der Waals surface area contributed by atoms with E-state index < -0.39 is 5.76 Å². The van der Waals surface area contributed by atoms with Gasteiger partial charge in [-0.3, -0.25) is 9.36 Å². The van der Waals surface area contributed by atoms with Crippen LogP contribution in [0.2, 0.25) is 0 Å². The first-order valence-corrected chi connectivity index (χ1v) is 6.76. The van der Waals surface area contributed by atoms with Crippen molar-refractivity contribution >= 4 is 17.0 Å². The lowest BCUT2D eigenvalue weighted by molar-refractivity contribution is 0.0766. The zero-order chi connectivity index (χ0) is 14.1. The van der Waals surface area contributed by atoms with Gasteiger partial charge in [-0.2, -0.15) is 0 Å². The summed E-state index contributed by atoms with van der Waals surface area (Å²) in [5.41, 5.74) is 1.72. The Bertz CT molecular complexity index is 693. The van der Waals surface area contributed by atoms with Crippen LogP contribution in [0.15, 0.2) is 27.4 Å². The number of nitrogens with zero attached hydrogens (tertiary/aromatic N) is 2. The number of nitrogens with one attached hydrogen (secondary N) is 1. The first-order valence-electron chi connectivity index (χ1n) is 6.76. The summed E-state index contributed by atoms with van der Waals surface area (Å²) in [7, 11) is 1.65. The van der Waals surface area contributed by atoms with E-state index in [9.17, 15) is 9.59 Å². The molecule has 106 valence electrons. The number of carbonyl (C=O) groups excluding carboxylic acids is 1. The Balaban J connectivity index is 1.93. The van der Waals surface area contributed by atoms with Crippen molar-refractivity contribution < 1.29 is 9.21 Å². The van der Waals surface area contributed by atoms with Crippen LogP contribution in [0.5, 0.6) is 0 Å². The van der Waals surface area contributed by atoms with E-state index in [1.54, 1.807) is 25.2 Å². The number of rotatable bonds is 1. The van der Waals surface area contributed by atoms with E-state index in [-0.39, 0.29) is 5.91 Å². The third kappa shape index (κ3) is 2.22. The summed E-state index contributed by atoms with van der Waals surface area (Å²) in [6.07, 6.45) is 0.953. The molecule has 3 rings (SSSR count). The summed E-state index contributed by atoms with van der Waals surface area (Å²) >= 11 is 0. The van der Waals surface area contributed by atoms with Gasteiger partial charge in [-0.1, -0.05) is 0 Å². The average molecular weight is 275 g/mol. The van der Waals surface area contributed by atoms with Crippen molar-refractivity contribution in [2.45, 2.75) is 6.42 Å². The molecule has 1 fully saturated rings. The van der Waals surface area contributed by atoms with Crippen molar-refractivity contribution in [1.82, 2.24) is 14.8 Å². The molecule has 0 atom stereocenters. The molecule has 1 saturated heterocycles. The minimum Gasteiger partial charge on any atom is -0.408 e. The molecule has 0 saturated carbocycles. The Labute approximate surface area is 116 Å². The molecule has 1 amide bonds. The quantitative estimate of drug-likeness (QED) is 0.826. The number of benzene rings is 1. The molecule has 0 unspecified atom stereocenters. The molecular weight excluding hydrogens is 258 g/mol. The van der Waals surface area contributed by atoms with Crippen LogP contribution >= 0.6 is 0 Å². The normalized spacial score (nSPS) is 16.4. The van der Waals surface area contributed by atoms with Crippen LogP contribution in [0.1, 0.15) is 16.8 Å². The molecule has 1 aromatic carbocycles. The third-order valence-electron chi connectivity index (χ3n) is 3.67. The third-order valence-corrected chi connectivity index (χ3v) is 3.67. The first kappa shape index (κ1) is 12.9. The van der Waals surface area contributed by atoms with Crippen molar-refractivity contribution in [3.05, 3.63) is 34.3 Å². The molecule has 1 aromatic heterocycles. The maximum Gasteiger partial charge on any atom is 0.419 e. The monoisotopic (exact) mass is 275 g/mol. The van der Waals surface area contributed by atoms with Crippen molar-refractivity contribution in [2.24, 2.45) is 7.05 Å². The maximum absolute atomic E-state index is 12.5. The van der Waals surface area contributed by atoms with E-state index in [4.69, 9.17) is 4.42 Å². The summed E-state index contributed by atoms with van der Waals surface area (Å²) in [5, 5.41) is 3.27. The predicted octanol–water partition coefficient (Wildman–Crippen LogP) is 0.567. The summed E-state index contributed by atoms with van der Waals surface area (Å²) in [6, 6.07) is 5.15. The predicted molar refractivity (Wildman–Crippen MR) is 74.8 cm³/mol. The van der Waals surface area contributed by atoms with Gasteiger partial charge in [0.25, 0.3) is 5.91 Å². The number of carbonyl (C=O) groups is 1. The lowest BCUT2D eigenvalue weighted by Crippen LogP contribution is -2.34. The van der Waals surface area contributed by atoms with Gasteiger partial charge in [-0.05, 0) is 31.2 Å². The lowest BCUT2D eigenvalue weighted by atomic mass is 10.1. The molecule has 0 bridgehead atoms. The average Bonchev–Trinajstić information content (AvgIpc) is 2.65. The number of amides is 1. The Morgan fingerprint density at radius 2 is 2.15 bits per heavy atom. The van der Waals surface area contributed by atoms with Gasteiger partial charge in [0.15, 0.2) is 5.58 Å².